The van der Waals surface area contributed by atoms with Crippen molar-refractivity contribution < 1.29 is 38.2 Å². The topological polar surface area (TPSA) is 331 Å². The third-order valence-corrected chi connectivity index (χ3v) is 20.9. The van der Waals surface area contributed by atoms with Crippen molar-refractivity contribution >= 4 is 134 Å². The van der Waals surface area contributed by atoms with Crippen molar-refractivity contribution in [3.8, 4) is 0 Å². The van der Waals surface area contributed by atoms with Crippen LogP contribution in [-0.4, -0.2) is 147 Å². The summed E-state index contributed by atoms with van der Waals surface area (Å²) in [6.07, 6.45) is 4.91. The van der Waals surface area contributed by atoms with Crippen molar-refractivity contribution in [3.63, 3.8) is 0 Å². The molecule has 0 unspecified atom stereocenters. The number of likely N-dealkylation sites (tertiary alicyclic amines) is 2. The summed E-state index contributed by atoms with van der Waals surface area (Å²) in [4.78, 5) is 112. The quantitative estimate of drug-likeness (QED) is 0.0343. The first-order valence-electron chi connectivity index (χ1n) is 34.5. The second-order valence-electron chi connectivity index (χ2n) is 25.6. The SMILES string of the molecule is Cc1nc2nc(N[C@@H](C)c3cccc(F)c3)nc(C(=O)CC[C@@H](C)O)c2s1.Cc1nc2nc(N[C@@H](C)c3cccc(F)c3)nc(C(=O)CC[C@H](C)O)c2s1.Cc1nc2nc(N[C@@H](C)c3ccccc3)nc(C(=O)N3CCCC3)c2s1.Cc1nc2nc(N[C@@H](C)c3ccccn3)nc(C(=O)N3CCC3)c2s1. The van der Waals surface area contributed by atoms with E-state index < -0.39 is 12.2 Å². The molecule has 105 heavy (non-hydrogen) atoms. The number of nitrogens with zero attached hydrogens (tertiary/aromatic N) is 15. The molecule has 31 heteroatoms. The van der Waals surface area contributed by atoms with Gasteiger partial charge in [0.05, 0.1) is 62.1 Å². The molecule has 2 amide bonds. The van der Waals surface area contributed by atoms with Gasteiger partial charge in [0.15, 0.2) is 45.5 Å². The van der Waals surface area contributed by atoms with E-state index in [1.165, 1.54) is 69.6 Å². The molecule has 2 aliphatic rings. The van der Waals surface area contributed by atoms with E-state index in [9.17, 15) is 38.2 Å². The minimum Gasteiger partial charge on any atom is -0.393 e. The molecule has 0 radical (unpaired) electrons. The summed E-state index contributed by atoms with van der Waals surface area (Å²) in [7, 11) is 0. The summed E-state index contributed by atoms with van der Waals surface area (Å²) in [5.41, 5.74) is 7.10. The number of ketones is 2. The number of aromatic nitrogens is 13. The zero-order chi connectivity index (χ0) is 74.6. The Morgan fingerprint density at radius 2 is 0.762 bits per heavy atom. The Balaban J connectivity index is 0.000000140. The van der Waals surface area contributed by atoms with Crippen LogP contribution in [0.4, 0.5) is 32.6 Å². The summed E-state index contributed by atoms with van der Waals surface area (Å²) in [5, 5.41) is 35.0. The lowest BCUT2D eigenvalue weighted by Gasteiger charge is -2.30. The molecule has 25 nitrogen and oxygen atoms in total. The van der Waals surface area contributed by atoms with Crippen LogP contribution in [0.1, 0.15) is 195 Å². The van der Waals surface area contributed by atoms with Gasteiger partial charge in [-0.1, -0.05) is 60.7 Å². The van der Waals surface area contributed by atoms with Crippen LogP contribution in [0.15, 0.2) is 103 Å². The third-order valence-electron chi connectivity index (χ3n) is 17.0. The van der Waals surface area contributed by atoms with Crippen molar-refractivity contribution in [2.24, 2.45) is 0 Å². The number of rotatable bonds is 22. The van der Waals surface area contributed by atoms with Gasteiger partial charge < -0.3 is 41.3 Å². The van der Waals surface area contributed by atoms with Crippen LogP contribution in [0.5, 0.6) is 0 Å². The van der Waals surface area contributed by atoms with Crippen molar-refractivity contribution in [2.45, 2.75) is 151 Å². The average Bonchev–Trinajstić information content (AvgIpc) is 1.71. The van der Waals surface area contributed by atoms with Gasteiger partial charge in [0.2, 0.25) is 23.8 Å². The highest BCUT2D eigenvalue weighted by Crippen LogP contribution is 2.33. The molecule has 6 N–H and O–H groups in total. The van der Waals surface area contributed by atoms with Crippen molar-refractivity contribution in [2.75, 3.05) is 47.4 Å². The number of halogens is 2. The normalized spacial score (nSPS) is 14.3. The van der Waals surface area contributed by atoms with Crippen LogP contribution in [-0.2, 0) is 0 Å². The number of amides is 2. The number of fused-ring (bicyclic) bond motifs is 4. The highest BCUT2D eigenvalue weighted by Gasteiger charge is 2.30. The molecule has 0 bridgehead atoms. The number of hydrogen-bond donors (Lipinski definition) is 6. The number of Topliss-reactive ketones (excluding diaryl/α,β-unsaturated/α-hetero) is 2. The lowest BCUT2D eigenvalue weighted by Crippen LogP contribution is -2.42. The molecule has 6 atom stereocenters. The first-order valence-corrected chi connectivity index (χ1v) is 37.8. The van der Waals surface area contributed by atoms with E-state index in [-0.39, 0.29) is 83.9 Å². The molecular weight excluding hydrogens is 1420 g/mol. The van der Waals surface area contributed by atoms with E-state index in [2.05, 4.69) is 105 Å². The predicted molar refractivity (Wildman–Crippen MR) is 408 cm³/mol. The molecule has 11 heterocycles. The lowest BCUT2D eigenvalue weighted by molar-refractivity contribution is 0.0647. The van der Waals surface area contributed by atoms with E-state index in [1.807, 2.05) is 94.7 Å². The van der Waals surface area contributed by atoms with E-state index in [0.29, 0.717) is 79.5 Å². The zero-order valence-corrected chi connectivity index (χ0v) is 62.9. The van der Waals surface area contributed by atoms with Gasteiger partial charge in [0, 0.05) is 45.2 Å². The van der Waals surface area contributed by atoms with Gasteiger partial charge in [-0.2, -0.15) is 19.9 Å². The largest absolute Gasteiger partial charge is 0.393 e. The maximum absolute atomic E-state index is 13.5. The Kier molecular flexibility index (Phi) is 25.1. The number of hydrogen-bond acceptors (Lipinski definition) is 27. The summed E-state index contributed by atoms with van der Waals surface area (Å²) in [6.45, 7) is 21.8. The van der Waals surface area contributed by atoms with Gasteiger partial charge in [0.25, 0.3) is 11.8 Å². The van der Waals surface area contributed by atoms with Crippen molar-refractivity contribution in [1.82, 2.24) is 74.6 Å². The fourth-order valence-electron chi connectivity index (χ4n) is 11.3. The number of aliphatic hydroxyl groups is 2. The second-order valence-corrected chi connectivity index (χ2v) is 30.4. The van der Waals surface area contributed by atoms with Crippen LogP contribution in [0.3, 0.4) is 0 Å². The maximum atomic E-state index is 13.5. The summed E-state index contributed by atoms with van der Waals surface area (Å²) >= 11 is 5.68. The molecule has 0 spiro atoms. The lowest BCUT2D eigenvalue weighted by atomic mass is 10.1. The van der Waals surface area contributed by atoms with E-state index in [1.54, 1.807) is 44.3 Å². The summed E-state index contributed by atoms with van der Waals surface area (Å²) < 4.78 is 29.8. The van der Waals surface area contributed by atoms with Gasteiger partial charge in [0.1, 0.15) is 41.8 Å². The van der Waals surface area contributed by atoms with Crippen LogP contribution in [0.25, 0.3) is 41.4 Å². The number of carbonyl (C=O) groups is 4. The fourth-order valence-corrected chi connectivity index (χ4v) is 14.7. The smallest absolute Gasteiger partial charge is 0.274 e. The molecule has 2 saturated heterocycles. The molecule has 2 aliphatic heterocycles. The standard InChI is InChI=1S/2C19H21FN4O2S.C19H21N5OS.C17H18N6OS/c2*1-10(25)7-8-15(26)16-17-18(22-12(3)27-17)24-19(23-16)21-11(2)13-5-4-6-14(20)9-13;1-12(14-8-4-3-5-9-14)20-19-22-15(18(25)24-10-6-7-11-24)16-17(23-19)21-13(2)26-16;1-10(12-6-3-4-7-18-12)19-17-21-13(16(24)23-8-5-9-23)14-15(22-17)20-11(2)25-14/h2*4-6,9-11,25H,7-8H2,1-3H3,(H,21,23,24);3-5,8-9,12H,6-7,10-11H2,1-2H3,(H,20,22,23);3-4,6-7,10H,5,8-9H2,1-2H3,(H,19,21,22)/t10-,11+;10-,11-;12-;10-/m1000/s1. The van der Waals surface area contributed by atoms with E-state index >= 15 is 0 Å². The number of aliphatic hydroxyl groups excluding tert-OH is 2. The van der Waals surface area contributed by atoms with Gasteiger partial charge >= 0.3 is 0 Å². The fraction of sp³-hybridized carbons (Fsp3) is 0.365. The van der Waals surface area contributed by atoms with E-state index in [0.717, 1.165) is 97.3 Å². The van der Waals surface area contributed by atoms with Crippen LogP contribution in [0, 0.1) is 39.3 Å². The highest BCUT2D eigenvalue weighted by atomic mass is 32.1. The molecular formula is C74H81F2N19O6S4. The van der Waals surface area contributed by atoms with Crippen LogP contribution in [0.2, 0.25) is 0 Å². The van der Waals surface area contributed by atoms with Gasteiger partial charge in [-0.15, -0.1) is 45.3 Å². The Morgan fingerprint density at radius 1 is 0.419 bits per heavy atom. The van der Waals surface area contributed by atoms with Crippen LogP contribution < -0.4 is 21.3 Å². The van der Waals surface area contributed by atoms with Gasteiger partial charge in [-0.3, -0.25) is 24.2 Å². The number of anilines is 4. The number of carbonyl (C=O) groups excluding carboxylic acids is 4. The maximum Gasteiger partial charge on any atom is 0.274 e. The second kappa shape index (κ2) is 34.7. The number of thiazole rings is 4. The molecule has 12 aromatic rings. The molecule has 14 rings (SSSR count). The van der Waals surface area contributed by atoms with Gasteiger partial charge in [-0.25, -0.2) is 48.7 Å². The summed E-state index contributed by atoms with van der Waals surface area (Å²) in [5.74, 6) is 0.367. The number of nitrogens with one attached hydrogen (secondary N) is 4. The molecule has 0 saturated carbocycles. The first kappa shape index (κ1) is 76.1. The van der Waals surface area contributed by atoms with Crippen molar-refractivity contribution in [3.05, 3.63) is 180 Å². The predicted octanol–water partition coefficient (Wildman–Crippen LogP) is 14.7. The minimum absolute atomic E-state index is 0.0195. The highest BCUT2D eigenvalue weighted by molar-refractivity contribution is 7.19. The minimum atomic E-state index is -0.555. The summed E-state index contributed by atoms with van der Waals surface area (Å²) in [6, 6.07) is 27.9. The van der Waals surface area contributed by atoms with Gasteiger partial charge in [-0.05, 0) is 154 Å². The molecule has 0 aliphatic carbocycles. The Labute approximate surface area is 621 Å². The monoisotopic (exact) mass is 1500 g/mol. The Morgan fingerprint density at radius 3 is 1.11 bits per heavy atom. The number of aryl methyl sites for hydroxylation is 4. The Hall–Kier alpha value is -10.1. The number of pyridine rings is 1. The molecule has 3 aromatic carbocycles. The number of benzene rings is 3. The van der Waals surface area contributed by atoms with Crippen LogP contribution >= 0.6 is 45.3 Å². The van der Waals surface area contributed by atoms with E-state index in [4.69, 9.17) is 0 Å². The molecule has 2 fully saturated rings. The average molecular weight is 1500 g/mol. The first-order chi connectivity index (χ1) is 50.4. The molecule has 9 aromatic heterocycles. The molecule has 546 valence electrons. The zero-order valence-electron chi connectivity index (χ0n) is 59.7. The Bertz CT molecular complexity index is 4900. The third kappa shape index (κ3) is 19.7. The van der Waals surface area contributed by atoms with Crippen molar-refractivity contribution in [1.29, 1.82) is 0 Å².